The molecule has 3 aromatic rings. The molecule has 3 heterocycles. The van der Waals surface area contributed by atoms with Gasteiger partial charge in [0.05, 0.1) is 40.0 Å². The number of hydrogen-bond donors (Lipinski definition) is 1. The van der Waals surface area contributed by atoms with Gasteiger partial charge < -0.3 is 14.6 Å². The van der Waals surface area contributed by atoms with Crippen molar-refractivity contribution < 1.29 is 22.5 Å². The lowest BCUT2D eigenvalue weighted by Crippen LogP contribution is -2.41. The van der Waals surface area contributed by atoms with Crippen LogP contribution in [-0.4, -0.2) is 48.3 Å². The third-order valence-electron chi connectivity index (χ3n) is 8.54. The Kier molecular flexibility index (Phi) is 8.46. The maximum absolute atomic E-state index is 12.8. The van der Waals surface area contributed by atoms with E-state index < -0.39 is 9.84 Å². The molecule has 0 aliphatic carbocycles. The summed E-state index contributed by atoms with van der Waals surface area (Å²) in [7, 11) is -3.64. The van der Waals surface area contributed by atoms with Crippen LogP contribution in [0.2, 0.25) is 0 Å². The van der Waals surface area contributed by atoms with Gasteiger partial charge in [-0.25, -0.2) is 13.4 Å². The highest BCUT2D eigenvalue weighted by Crippen LogP contribution is 2.43. The predicted octanol–water partition coefficient (Wildman–Crippen LogP) is 5.13. The third kappa shape index (κ3) is 6.21. The molecule has 1 atom stereocenters. The van der Waals surface area contributed by atoms with E-state index in [1.165, 1.54) is 21.8 Å². The summed E-state index contributed by atoms with van der Waals surface area (Å²) in [5, 5.41) is 3.56. The van der Waals surface area contributed by atoms with Crippen molar-refractivity contribution in [2.24, 2.45) is 5.92 Å². The van der Waals surface area contributed by atoms with Crippen LogP contribution in [-0.2, 0) is 43.5 Å². The van der Waals surface area contributed by atoms with Gasteiger partial charge in [0.25, 0.3) is 0 Å². The van der Waals surface area contributed by atoms with Crippen molar-refractivity contribution in [1.29, 1.82) is 0 Å². The van der Waals surface area contributed by atoms with E-state index in [-0.39, 0.29) is 47.3 Å². The lowest BCUT2D eigenvalue weighted by molar-refractivity contribution is -0.115. The summed E-state index contributed by atoms with van der Waals surface area (Å²) in [6, 6.07) is 15.1. The molecule has 5 rings (SSSR count). The fourth-order valence-electron chi connectivity index (χ4n) is 5.43. The average molecular weight is 610 g/mol. The van der Waals surface area contributed by atoms with E-state index in [2.05, 4.69) is 76.0 Å². The Balaban J connectivity index is 1.21. The molecule has 2 aliphatic heterocycles. The molecule has 8 nitrogen and oxygen atoms in total. The van der Waals surface area contributed by atoms with Crippen LogP contribution in [0, 0.1) is 5.92 Å². The number of anilines is 1. The van der Waals surface area contributed by atoms with Crippen LogP contribution in [0.5, 0.6) is 0 Å². The van der Waals surface area contributed by atoms with Gasteiger partial charge in [-0.2, -0.15) is 0 Å². The molecule has 224 valence electrons. The largest absolute Gasteiger partial charge is 0.494 e. The van der Waals surface area contributed by atoms with E-state index in [1.54, 1.807) is 31.2 Å². The fourth-order valence-corrected chi connectivity index (χ4v) is 7.36. The summed E-state index contributed by atoms with van der Waals surface area (Å²) < 4.78 is 36.5. The molecule has 1 amide bonds. The Hall–Kier alpha value is -2.57. The first-order valence-electron chi connectivity index (χ1n) is 14.5. The first kappa shape index (κ1) is 30.9. The van der Waals surface area contributed by atoms with Crippen molar-refractivity contribution >= 4 is 44.8 Å². The second-order valence-electron chi connectivity index (χ2n) is 12.5. The lowest BCUT2D eigenvalue weighted by atomic mass is 9.79. The number of fused-ring (bicyclic) bond motifs is 1. The van der Waals surface area contributed by atoms with E-state index >= 15 is 0 Å². The van der Waals surface area contributed by atoms with Crippen molar-refractivity contribution in [3.63, 3.8) is 0 Å². The van der Waals surface area contributed by atoms with Gasteiger partial charge in [-0.3, -0.25) is 9.69 Å². The minimum Gasteiger partial charge on any atom is -0.399 e. The van der Waals surface area contributed by atoms with E-state index in [0.29, 0.717) is 11.0 Å². The standard InChI is InChI=1S/C31H40BN3O5S2/c1-8-42(37,38)24-15-11-21(12-16-24)17-26(36)33-29-34-27-25(41-29)19-35(28(27)20(2)3)18-22-9-13-23(14-10-22)32-39-30(4,5)31(6,7)40-32/h9-16,20,28H,8,17-19H2,1-7H3,(H,33,34,36). The normalized spacial score (nSPS) is 19.8. The van der Waals surface area contributed by atoms with Crippen molar-refractivity contribution in [2.45, 2.75) is 90.1 Å². The Labute approximate surface area is 253 Å². The average Bonchev–Trinajstić information content (AvgIpc) is 3.51. The summed E-state index contributed by atoms with van der Waals surface area (Å²) in [5.74, 6) is 0.220. The molecule has 11 heteroatoms. The summed E-state index contributed by atoms with van der Waals surface area (Å²) in [6.45, 7) is 15.8. The lowest BCUT2D eigenvalue weighted by Gasteiger charge is -2.32. The summed E-state index contributed by atoms with van der Waals surface area (Å²) in [6.07, 6.45) is 0.151. The molecule has 2 aromatic carbocycles. The highest BCUT2D eigenvalue weighted by molar-refractivity contribution is 7.91. The zero-order valence-corrected chi connectivity index (χ0v) is 27.1. The SMILES string of the molecule is CCS(=O)(=O)c1ccc(CC(=O)Nc2nc3c(s2)CN(Cc2ccc(B4OC(C)(C)C(C)(C)O4)cc2)C3C(C)C)cc1. The number of amides is 1. The highest BCUT2D eigenvalue weighted by atomic mass is 32.2. The molecule has 1 aromatic heterocycles. The van der Waals surface area contributed by atoms with E-state index in [0.717, 1.165) is 29.8 Å². The van der Waals surface area contributed by atoms with Crippen LogP contribution in [0.1, 0.15) is 76.2 Å². The van der Waals surface area contributed by atoms with Crippen molar-refractivity contribution in [3.05, 3.63) is 70.2 Å². The smallest absolute Gasteiger partial charge is 0.399 e. The maximum atomic E-state index is 12.8. The topological polar surface area (TPSA) is 97.8 Å². The Morgan fingerprint density at radius 3 is 2.21 bits per heavy atom. The zero-order chi connectivity index (χ0) is 30.4. The third-order valence-corrected chi connectivity index (χ3v) is 11.3. The highest BCUT2D eigenvalue weighted by Gasteiger charge is 2.51. The maximum Gasteiger partial charge on any atom is 0.494 e. The van der Waals surface area contributed by atoms with Gasteiger partial charge in [-0.1, -0.05) is 57.2 Å². The quantitative estimate of drug-likeness (QED) is 0.336. The molecule has 1 fully saturated rings. The molecule has 0 bridgehead atoms. The molecule has 0 spiro atoms. The van der Waals surface area contributed by atoms with Gasteiger partial charge in [0.2, 0.25) is 5.91 Å². The molecule has 0 saturated carbocycles. The van der Waals surface area contributed by atoms with Gasteiger partial charge in [0.1, 0.15) is 0 Å². The molecular formula is C31H40BN3O5S2. The van der Waals surface area contributed by atoms with Crippen molar-refractivity contribution in [2.75, 3.05) is 11.1 Å². The van der Waals surface area contributed by atoms with E-state index in [1.807, 2.05) is 0 Å². The Morgan fingerprint density at radius 2 is 1.64 bits per heavy atom. The minimum absolute atomic E-state index is 0.0468. The first-order chi connectivity index (χ1) is 19.7. The summed E-state index contributed by atoms with van der Waals surface area (Å²) in [4.78, 5) is 21.5. The number of nitrogens with zero attached hydrogens (tertiary/aromatic N) is 2. The first-order valence-corrected chi connectivity index (χ1v) is 17.0. The number of aromatic nitrogens is 1. The number of benzene rings is 2. The second-order valence-corrected chi connectivity index (χ2v) is 15.9. The molecule has 1 N–H and O–H groups in total. The van der Waals surface area contributed by atoms with Crippen LogP contribution in [0.15, 0.2) is 53.4 Å². The van der Waals surface area contributed by atoms with E-state index in [9.17, 15) is 13.2 Å². The number of carbonyl (C=O) groups is 1. The Bertz CT molecular complexity index is 1530. The number of hydrogen-bond acceptors (Lipinski definition) is 8. The predicted molar refractivity (Wildman–Crippen MR) is 168 cm³/mol. The van der Waals surface area contributed by atoms with Crippen LogP contribution in [0.4, 0.5) is 5.13 Å². The van der Waals surface area contributed by atoms with Gasteiger partial charge in [0.15, 0.2) is 15.0 Å². The molecule has 42 heavy (non-hydrogen) atoms. The number of sulfone groups is 1. The Morgan fingerprint density at radius 1 is 1.05 bits per heavy atom. The van der Waals surface area contributed by atoms with Gasteiger partial charge >= 0.3 is 7.12 Å². The number of rotatable bonds is 9. The number of nitrogens with one attached hydrogen (secondary N) is 1. The van der Waals surface area contributed by atoms with Crippen LogP contribution < -0.4 is 10.8 Å². The van der Waals surface area contributed by atoms with Crippen molar-refractivity contribution in [1.82, 2.24) is 9.88 Å². The fraction of sp³-hybridized carbons (Fsp3) is 0.484. The van der Waals surface area contributed by atoms with Gasteiger partial charge in [0, 0.05) is 18.0 Å². The molecule has 1 unspecified atom stereocenters. The van der Waals surface area contributed by atoms with Crippen LogP contribution >= 0.6 is 11.3 Å². The van der Waals surface area contributed by atoms with Crippen LogP contribution in [0.3, 0.4) is 0 Å². The van der Waals surface area contributed by atoms with E-state index in [4.69, 9.17) is 14.3 Å². The molecular weight excluding hydrogens is 569 g/mol. The molecule has 0 radical (unpaired) electrons. The molecule has 1 saturated heterocycles. The van der Waals surface area contributed by atoms with Crippen molar-refractivity contribution in [3.8, 4) is 0 Å². The summed E-state index contributed by atoms with van der Waals surface area (Å²) >= 11 is 1.53. The minimum atomic E-state index is -3.26. The van der Waals surface area contributed by atoms with Gasteiger partial charge in [-0.15, -0.1) is 11.3 Å². The molecule has 2 aliphatic rings. The monoisotopic (exact) mass is 609 g/mol. The zero-order valence-electron chi connectivity index (χ0n) is 25.4. The van der Waals surface area contributed by atoms with Crippen LogP contribution in [0.25, 0.3) is 0 Å². The summed E-state index contributed by atoms with van der Waals surface area (Å²) in [5.41, 5.74) is 3.27. The number of carbonyl (C=O) groups excluding carboxylic acids is 1. The van der Waals surface area contributed by atoms with Gasteiger partial charge in [-0.05, 0) is 62.3 Å². The second kappa shape index (κ2) is 11.5. The number of thiazole rings is 1.